The smallest absolute Gasteiger partial charge is 0.165 e. The second-order valence-electron chi connectivity index (χ2n) is 6.83. The molecule has 0 radical (unpaired) electrons. The highest BCUT2D eigenvalue weighted by Crippen LogP contribution is 2.29. The summed E-state index contributed by atoms with van der Waals surface area (Å²) in [6.45, 7) is 5.56. The van der Waals surface area contributed by atoms with Crippen molar-refractivity contribution in [2.75, 3.05) is 33.4 Å². The molecule has 5 nitrogen and oxygen atoms in total. The van der Waals surface area contributed by atoms with E-state index in [1.165, 1.54) is 7.11 Å². The lowest BCUT2D eigenvalue weighted by Gasteiger charge is -2.40. The summed E-state index contributed by atoms with van der Waals surface area (Å²) in [6, 6.07) is 5.19. The molecule has 2 heterocycles. The van der Waals surface area contributed by atoms with Gasteiger partial charge in [-0.3, -0.25) is 9.58 Å². The van der Waals surface area contributed by atoms with E-state index in [9.17, 15) is 4.39 Å². The van der Waals surface area contributed by atoms with E-state index in [1.807, 2.05) is 25.5 Å². The van der Waals surface area contributed by atoms with Crippen LogP contribution in [0.15, 0.2) is 30.6 Å². The summed E-state index contributed by atoms with van der Waals surface area (Å²) < 4.78 is 26.6. The van der Waals surface area contributed by atoms with Crippen LogP contribution >= 0.6 is 0 Å². The summed E-state index contributed by atoms with van der Waals surface area (Å²) >= 11 is 0. The highest BCUT2D eigenvalue weighted by atomic mass is 19.1. The largest absolute Gasteiger partial charge is 0.494 e. The molecule has 1 fully saturated rings. The summed E-state index contributed by atoms with van der Waals surface area (Å²) in [7, 11) is 3.40. The minimum Gasteiger partial charge on any atom is -0.494 e. The Morgan fingerprint density at radius 3 is 2.92 bits per heavy atom. The van der Waals surface area contributed by atoms with Gasteiger partial charge in [0.05, 0.1) is 19.9 Å². The van der Waals surface area contributed by atoms with Crippen molar-refractivity contribution in [2.45, 2.75) is 25.4 Å². The normalized spacial score (nSPS) is 21.4. The van der Waals surface area contributed by atoms with Crippen molar-refractivity contribution in [1.29, 1.82) is 0 Å². The van der Waals surface area contributed by atoms with Gasteiger partial charge in [0.15, 0.2) is 11.6 Å². The van der Waals surface area contributed by atoms with Crippen LogP contribution < -0.4 is 4.74 Å². The Bertz CT molecular complexity index is 718. The van der Waals surface area contributed by atoms with Gasteiger partial charge in [0.1, 0.15) is 5.60 Å². The van der Waals surface area contributed by atoms with Gasteiger partial charge in [-0.2, -0.15) is 5.10 Å². The third-order valence-electron chi connectivity index (χ3n) is 4.82. The van der Waals surface area contributed by atoms with E-state index in [0.717, 1.165) is 43.6 Å². The van der Waals surface area contributed by atoms with Gasteiger partial charge in [-0.05, 0) is 44.0 Å². The van der Waals surface area contributed by atoms with Crippen molar-refractivity contribution in [3.8, 4) is 5.75 Å². The number of aromatic nitrogens is 2. The molecule has 1 aliphatic heterocycles. The first kappa shape index (κ1) is 17.9. The predicted molar refractivity (Wildman–Crippen MR) is 94.2 cm³/mol. The van der Waals surface area contributed by atoms with Crippen LogP contribution in [0.5, 0.6) is 5.75 Å². The minimum absolute atomic E-state index is 0.296. The monoisotopic (exact) mass is 347 g/mol. The number of methoxy groups -OCH3 is 1. The number of rotatable bonds is 6. The van der Waals surface area contributed by atoms with Crippen molar-refractivity contribution in [2.24, 2.45) is 7.05 Å². The topological polar surface area (TPSA) is 39.5 Å². The van der Waals surface area contributed by atoms with Gasteiger partial charge in [0.25, 0.3) is 0 Å². The number of hydrogen-bond acceptors (Lipinski definition) is 4. The Balaban J connectivity index is 1.54. The van der Waals surface area contributed by atoms with E-state index in [-0.39, 0.29) is 11.4 Å². The van der Waals surface area contributed by atoms with Gasteiger partial charge in [0, 0.05) is 31.9 Å². The minimum atomic E-state index is -0.321. The first-order valence-corrected chi connectivity index (χ1v) is 8.68. The van der Waals surface area contributed by atoms with E-state index in [2.05, 4.69) is 16.9 Å². The Kier molecular flexibility index (Phi) is 5.39. The maximum absolute atomic E-state index is 13.8. The van der Waals surface area contributed by atoms with Crippen LogP contribution in [-0.4, -0.2) is 48.0 Å². The van der Waals surface area contributed by atoms with E-state index in [1.54, 1.807) is 16.8 Å². The third kappa shape index (κ3) is 4.19. The number of halogens is 1. The number of morpholine rings is 1. The standard InChI is InChI=1S/C19H26FN3O2/c1-19(16-12-21-22(2)13-16)14-23(9-10-25-19)8-4-5-15-6-7-18(24-3)17(20)11-15/h6-7,11-13H,4-5,8-10,14H2,1-3H3. The molecule has 1 unspecified atom stereocenters. The number of hydrogen-bond donors (Lipinski definition) is 0. The summed E-state index contributed by atoms with van der Waals surface area (Å²) in [6.07, 6.45) is 5.73. The fourth-order valence-corrected chi connectivity index (χ4v) is 3.38. The highest BCUT2D eigenvalue weighted by molar-refractivity contribution is 5.29. The molecule has 1 aliphatic rings. The number of ether oxygens (including phenoxy) is 2. The van der Waals surface area contributed by atoms with Gasteiger partial charge < -0.3 is 9.47 Å². The Morgan fingerprint density at radius 2 is 2.24 bits per heavy atom. The highest BCUT2D eigenvalue weighted by Gasteiger charge is 2.34. The van der Waals surface area contributed by atoms with Crippen molar-refractivity contribution in [1.82, 2.24) is 14.7 Å². The van der Waals surface area contributed by atoms with Crippen molar-refractivity contribution in [3.05, 3.63) is 47.5 Å². The van der Waals surface area contributed by atoms with Crippen LogP contribution in [-0.2, 0) is 23.8 Å². The second-order valence-corrected chi connectivity index (χ2v) is 6.83. The lowest BCUT2D eigenvalue weighted by molar-refractivity contribution is -0.103. The lowest BCUT2D eigenvalue weighted by atomic mass is 9.96. The molecule has 0 amide bonds. The molecule has 1 saturated heterocycles. The van der Waals surface area contributed by atoms with Crippen LogP contribution in [0.1, 0.15) is 24.5 Å². The fraction of sp³-hybridized carbons (Fsp3) is 0.526. The molecule has 6 heteroatoms. The average Bonchev–Trinajstić information content (AvgIpc) is 3.03. The molecule has 0 saturated carbocycles. The predicted octanol–water partition coefficient (Wildman–Crippen LogP) is 2.75. The SMILES string of the molecule is COc1ccc(CCCN2CCOC(C)(c3cnn(C)c3)C2)cc1F. The number of nitrogens with zero attached hydrogens (tertiary/aromatic N) is 3. The van der Waals surface area contributed by atoms with E-state index >= 15 is 0 Å². The molecule has 25 heavy (non-hydrogen) atoms. The average molecular weight is 347 g/mol. The maximum atomic E-state index is 13.8. The zero-order valence-corrected chi connectivity index (χ0v) is 15.2. The van der Waals surface area contributed by atoms with Crippen molar-refractivity contribution >= 4 is 0 Å². The Morgan fingerprint density at radius 1 is 1.40 bits per heavy atom. The van der Waals surface area contributed by atoms with Crippen LogP contribution in [0.2, 0.25) is 0 Å². The molecule has 0 spiro atoms. The first-order valence-electron chi connectivity index (χ1n) is 8.68. The lowest BCUT2D eigenvalue weighted by Crippen LogP contribution is -2.48. The molecule has 0 N–H and O–H groups in total. The zero-order valence-electron chi connectivity index (χ0n) is 15.2. The van der Waals surface area contributed by atoms with Crippen molar-refractivity contribution < 1.29 is 13.9 Å². The van der Waals surface area contributed by atoms with Gasteiger partial charge in [-0.25, -0.2) is 4.39 Å². The molecule has 1 aromatic heterocycles. The van der Waals surface area contributed by atoms with Gasteiger partial charge in [0.2, 0.25) is 0 Å². The summed E-state index contributed by atoms with van der Waals surface area (Å²) in [4.78, 5) is 2.41. The molecule has 0 bridgehead atoms. The maximum Gasteiger partial charge on any atom is 0.165 e. The summed E-state index contributed by atoms with van der Waals surface area (Å²) in [5.74, 6) is -0.000285. The van der Waals surface area contributed by atoms with E-state index < -0.39 is 0 Å². The van der Waals surface area contributed by atoms with Gasteiger partial charge >= 0.3 is 0 Å². The second kappa shape index (κ2) is 7.54. The zero-order chi connectivity index (χ0) is 17.9. The van der Waals surface area contributed by atoms with Crippen LogP contribution in [0.25, 0.3) is 0 Å². The van der Waals surface area contributed by atoms with E-state index in [0.29, 0.717) is 12.4 Å². The molecule has 1 atom stereocenters. The number of benzene rings is 1. The molecule has 0 aliphatic carbocycles. The summed E-state index contributed by atoms with van der Waals surface area (Å²) in [5, 5.41) is 4.26. The Labute approximate surface area is 148 Å². The van der Waals surface area contributed by atoms with Gasteiger partial charge in [-0.15, -0.1) is 0 Å². The fourth-order valence-electron chi connectivity index (χ4n) is 3.38. The van der Waals surface area contributed by atoms with Crippen LogP contribution in [0.3, 0.4) is 0 Å². The van der Waals surface area contributed by atoms with Crippen LogP contribution in [0, 0.1) is 5.82 Å². The number of aryl methyl sites for hydroxylation is 2. The third-order valence-corrected chi connectivity index (χ3v) is 4.82. The molecule has 136 valence electrons. The molecule has 2 aromatic rings. The quantitative estimate of drug-likeness (QED) is 0.806. The Hall–Kier alpha value is -1.92. The van der Waals surface area contributed by atoms with Crippen LogP contribution in [0.4, 0.5) is 4.39 Å². The first-order chi connectivity index (χ1) is 12.0. The van der Waals surface area contributed by atoms with Gasteiger partial charge in [-0.1, -0.05) is 6.07 Å². The molecule has 1 aromatic carbocycles. The molecule has 3 rings (SSSR count). The van der Waals surface area contributed by atoms with E-state index in [4.69, 9.17) is 9.47 Å². The molecular weight excluding hydrogens is 321 g/mol. The summed E-state index contributed by atoms with van der Waals surface area (Å²) in [5.41, 5.74) is 1.79. The molecular formula is C19H26FN3O2. The van der Waals surface area contributed by atoms with Crippen molar-refractivity contribution in [3.63, 3.8) is 0 Å².